The fourth-order valence-corrected chi connectivity index (χ4v) is 2.30. The van der Waals surface area contributed by atoms with Gasteiger partial charge in [-0.2, -0.15) is 0 Å². The van der Waals surface area contributed by atoms with Gasteiger partial charge in [0.25, 0.3) is 0 Å². The average molecular weight is 299 g/mol. The molecule has 1 aliphatic heterocycles. The molecule has 1 atom stereocenters. The minimum absolute atomic E-state index is 0.0128. The van der Waals surface area contributed by atoms with Gasteiger partial charge in [0.15, 0.2) is 0 Å². The molecule has 0 saturated carbocycles. The Kier molecular flexibility index (Phi) is 4.41. The summed E-state index contributed by atoms with van der Waals surface area (Å²) in [6.07, 6.45) is 1.74. The molecule has 4 heteroatoms. The summed E-state index contributed by atoms with van der Waals surface area (Å²) >= 11 is 0. The molecular formula is C18H21NO3. The van der Waals surface area contributed by atoms with E-state index in [1.807, 2.05) is 32.0 Å². The first-order valence-corrected chi connectivity index (χ1v) is 7.51. The second kappa shape index (κ2) is 6.46. The van der Waals surface area contributed by atoms with Crippen molar-refractivity contribution in [1.29, 1.82) is 0 Å². The number of aromatic nitrogens is 1. The van der Waals surface area contributed by atoms with E-state index in [2.05, 4.69) is 29.2 Å². The SMILES string of the molecule is CC1(C)COC(c2ccc(COc3ccccn3)cc2)CO1. The summed E-state index contributed by atoms with van der Waals surface area (Å²) in [5.74, 6) is 0.637. The molecule has 1 aromatic heterocycles. The van der Waals surface area contributed by atoms with Crippen molar-refractivity contribution < 1.29 is 14.2 Å². The van der Waals surface area contributed by atoms with Crippen molar-refractivity contribution in [2.45, 2.75) is 32.2 Å². The van der Waals surface area contributed by atoms with Crippen molar-refractivity contribution in [3.05, 3.63) is 59.8 Å². The molecule has 1 aliphatic rings. The number of rotatable bonds is 4. The smallest absolute Gasteiger partial charge is 0.213 e. The molecule has 1 saturated heterocycles. The third kappa shape index (κ3) is 3.84. The molecule has 22 heavy (non-hydrogen) atoms. The lowest BCUT2D eigenvalue weighted by atomic mass is 10.0. The molecule has 116 valence electrons. The number of nitrogens with zero attached hydrogens (tertiary/aromatic N) is 1. The Balaban J connectivity index is 1.56. The summed E-state index contributed by atoms with van der Waals surface area (Å²) in [5.41, 5.74) is 2.05. The number of hydrogen-bond acceptors (Lipinski definition) is 4. The van der Waals surface area contributed by atoms with E-state index in [4.69, 9.17) is 14.2 Å². The molecule has 1 fully saturated rings. The lowest BCUT2D eigenvalue weighted by molar-refractivity contribution is -0.176. The zero-order valence-electron chi connectivity index (χ0n) is 13.0. The first kappa shape index (κ1) is 15.0. The highest BCUT2D eigenvalue weighted by molar-refractivity contribution is 5.25. The summed E-state index contributed by atoms with van der Waals surface area (Å²) in [4.78, 5) is 4.14. The largest absolute Gasteiger partial charge is 0.473 e. The third-order valence-corrected chi connectivity index (χ3v) is 3.63. The third-order valence-electron chi connectivity index (χ3n) is 3.63. The van der Waals surface area contributed by atoms with Gasteiger partial charge in [0, 0.05) is 12.3 Å². The van der Waals surface area contributed by atoms with Crippen molar-refractivity contribution in [3.8, 4) is 5.88 Å². The van der Waals surface area contributed by atoms with Crippen LogP contribution in [-0.4, -0.2) is 23.8 Å². The standard InChI is InChI=1S/C18H21NO3/c1-18(2)13-21-16(12-22-18)15-8-6-14(7-9-15)11-20-17-5-3-4-10-19-17/h3-10,16H,11-13H2,1-2H3. The Hall–Kier alpha value is -1.91. The highest BCUT2D eigenvalue weighted by Crippen LogP contribution is 2.27. The number of ether oxygens (including phenoxy) is 3. The minimum atomic E-state index is -0.188. The lowest BCUT2D eigenvalue weighted by Gasteiger charge is -2.35. The van der Waals surface area contributed by atoms with Gasteiger partial charge in [-0.3, -0.25) is 0 Å². The summed E-state index contributed by atoms with van der Waals surface area (Å²) in [6, 6.07) is 13.9. The van der Waals surface area contributed by atoms with E-state index in [0.717, 1.165) is 11.1 Å². The molecule has 0 radical (unpaired) electrons. The molecule has 2 aromatic rings. The Morgan fingerprint density at radius 2 is 2.00 bits per heavy atom. The average Bonchev–Trinajstić information content (AvgIpc) is 2.55. The molecular weight excluding hydrogens is 278 g/mol. The quantitative estimate of drug-likeness (QED) is 0.866. The van der Waals surface area contributed by atoms with Gasteiger partial charge >= 0.3 is 0 Å². The van der Waals surface area contributed by atoms with Crippen molar-refractivity contribution in [3.63, 3.8) is 0 Å². The van der Waals surface area contributed by atoms with Gasteiger partial charge < -0.3 is 14.2 Å². The van der Waals surface area contributed by atoms with Crippen LogP contribution in [-0.2, 0) is 16.1 Å². The topological polar surface area (TPSA) is 40.6 Å². The predicted molar refractivity (Wildman–Crippen MR) is 83.7 cm³/mol. The first-order chi connectivity index (χ1) is 10.6. The van der Waals surface area contributed by atoms with Crippen LogP contribution in [0, 0.1) is 0 Å². The molecule has 2 heterocycles. The zero-order chi connectivity index (χ0) is 15.4. The maximum absolute atomic E-state index is 5.88. The second-order valence-corrected chi connectivity index (χ2v) is 6.07. The molecule has 0 amide bonds. The first-order valence-electron chi connectivity index (χ1n) is 7.51. The zero-order valence-corrected chi connectivity index (χ0v) is 13.0. The van der Waals surface area contributed by atoms with Crippen molar-refractivity contribution >= 4 is 0 Å². The van der Waals surface area contributed by atoms with Gasteiger partial charge in [-0.1, -0.05) is 30.3 Å². The van der Waals surface area contributed by atoms with Crippen LogP contribution >= 0.6 is 0 Å². The van der Waals surface area contributed by atoms with Gasteiger partial charge in [-0.15, -0.1) is 0 Å². The minimum Gasteiger partial charge on any atom is -0.473 e. The van der Waals surface area contributed by atoms with E-state index in [1.54, 1.807) is 6.20 Å². The Bertz CT molecular complexity index is 585. The molecule has 0 spiro atoms. The van der Waals surface area contributed by atoms with Crippen LogP contribution in [0.3, 0.4) is 0 Å². The van der Waals surface area contributed by atoms with Crippen molar-refractivity contribution in [2.75, 3.05) is 13.2 Å². The fourth-order valence-electron chi connectivity index (χ4n) is 2.30. The fraction of sp³-hybridized carbons (Fsp3) is 0.389. The van der Waals surface area contributed by atoms with Gasteiger partial charge in [0.1, 0.15) is 12.7 Å². The van der Waals surface area contributed by atoms with Crippen LogP contribution in [0.15, 0.2) is 48.7 Å². The highest BCUT2D eigenvalue weighted by atomic mass is 16.6. The molecule has 0 bridgehead atoms. The summed E-state index contributed by atoms with van der Waals surface area (Å²) in [6.45, 7) is 5.80. The van der Waals surface area contributed by atoms with Gasteiger partial charge in [-0.25, -0.2) is 4.98 Å². The van der Waals surface area contributed by atoms with Crippen molar-refractivity contribution in [1.82, 2.24) is 4.98 Å². The maximum atomic E-state index is 5.88. The number of hydrogen-bond donors (Lipinski definition) is 0. The summed E-state index contributed by atoms with van der Waals surface area (Å²) in [5, 5.41) is 0. The van der Waals surface area contributed by atoms with E-state index in [-0.39, 0.29) is 11.7 Å². The summed E-state index contributed by atoms with van der Waals surface area (Å²) < 4.78 is 17.3. The van der Waals surface area contributed by atoms with Gasteiger partial charge in [-0.05, 0) is 31.0 Å². The highest BCUT2D eigenvalue weighted by Gasteiger charge is 2.28. The normalized spacial score (nSPS) is 20.5. The van der Waals surface area contributed by atoms with Gasteiger partial charge in [0.05, 0.1) is 18.8 Å². The molecule has 4 nitrogen and oxygen atoms in total. The Labute approximate surface area is 131 Å². The van der Waals surface area contributed by atoms with Crippen molar-refractivity contribution in [2.24, 2.45) is 0 Å². The maximum Gasteiger partial charge on any atom is 0.213 e. The second-order valence-electron chi connectivity index (χ2n) is 6.07. The predicted octanol–water partition coefficient (Wildman–Crippen LogP) is 3.53. The Morgan fingerprint density at radius 1 is 1.18 bits per heavy atom. The number of pyridine rings is 1. The molecule has 3 rings (SSSR count). The molecule has 1 aromatic carbocycles. The van der Waals surface area contributed by atoms with E-state index >= 15 is 0 Å². The molecule has 0 N–H and O–H groups in total. The molecule has 0 aliphatic carbocycles. The van der Waals surface area contributed by atoms with Crippen LogP contribution in [0.5, 0.6) is 5.88 Å². The van der Waals surface area contributed by atoms with Crippen LogP contribution in [0.2, 0.25) is 0 Å². The monoisotopic (exact) mass is 299 g/mol. The number of benzene rings is 1. The summed E-state index contributed by atoms with van der Waals surface area (Å²) in [7, 11) is 0. The Morgan fingerprint density at radius 3 is 2.64 bits per heavy atom. The molecule has 1 unspecified atom stereocenters. The van der Waals surface area contributed by atoms with Crippen LogP contribution in [0.4, 0.5) is 0 Å². The van der Waals surface area contributed by atoms with E-state index in [9.17, 15) is 0 Å². The van der Waals surface area contributed by atoms with Gasteiger partial charge in [0.2, 0.25) is 5.88 Å². The van der Waals surface area contributed by atoms with E-state index in [0.29, 0.717) is 25.7 Å². The van der Waals surface area contributed by atoms with Crippen LogP contribution < -0.4 is 4.74 Å². The lowest BCUT2D eigenvalue weighted by Crippen LogP contribution is -2.38. The van der Waals surface area contributed by atoms with E-state index < -0.39 is 0 Å². The van der Waals surface area contributed by atoms with E-state index in [1.165, 1.54) is 0 Å². The van der Waals surface area contributed by atoms with Crippen LogP contribution in [0.1, 0.15) is 31.1 Å². The van der Waals surface area contributed by atoms with Crippen LogP contribution in [0.25, 0.3) is 0 Å².